The first kappa shape index (κ1) is 15.5. The summed E-state index contributed by atoms with van der Waals surface area (Å²) in [7, 11) is 0. The molecule has 2 amide bonds. The number of amides is 2. The van der Waals surface area contributed by atoms with Crippen molar-refractivity contribution in [3.05, 3.63) is 53.2 Å². The quantitative estimate of drug-likeness (QED) is 0.941. The number of hydrogen-bond acceptors (Lipinski definition) is 3. The van der Waals surface area contributed by atoms with Crippen LogP contribution in [-0.4, -0.2) is 23.3 Å². The summed E-state index contributed by atoms with van der Waals surface area (Å²) in [5.74, 6) is -0.168. The molecule has 0 unspecified atom stereocenters. The molecule has 0 saturated carbocycles. The number of pyridine rings is 1. The zero-order valence-electron chi connectivity index (χ0n) is 12.6. The van der Waals surface area contributed by atoms with E-state index >= 15 is 0 Å². The Morgan fingerprint density at radius 1 is 1.30 bits per heavy atom. The van der Waals surface area contributed by atoms with Crippen LogP contribution in [0.3, 0.4) is 0 Å². The topological polar surface area (TPSA) is 62.3 Å². The molecule has 1 saturated heterocycles. The molecule has 1 atom stereocenters. The van der Waals surface area contributed by atoms with Crippen LogP contribution >= 0.6 is 11.6 Å². The van der Waals surface area contributed by atoms with Crippen molar-refractivity contribution in [2.75, 3.05) is 16.8 Å². The van der Waals surface area contributed by atoms with Crippen LogP contribution in [-0.2, 0) is 9.59 Å². The fraction of sp³-hybridized carbons (Fsp3) is 0.235. The zero-order valence-corrected chi connectivity index (χ0v) is 13.4. The molecule has 1 N–H and O–H groups in total. The minimum atomic E-state index is -0.399. The molecule has 0 spiro atoms. The van der Waals surface area contributed by atoms with Crippen molar-refractivity contribution in [3.8, 4) is 0 Å². The second-order valence-electron chi connectivity index (χ2n) is 5.54. The maximum Gasteiger partial charge on any atom is 0.230 e. The van der Waals surface area contributed by atoms with Crippen LogP contribution in [0.5, 0.6) is 0 Å². The molecule has 1 aromatic heterocycles. The Labute approximate surface area is 139 Å². The highest BCUT2D eigenvalue weighted by Crippen LogP contribution is 2.27. The number of carbonyl (C=O) groups excluding carboxylic acids is 2. The molecule has 0 bridgehead atoms. The van der Waals surface area contributed by atoms with Crippen molar-refractivity contribution in [2.24, 2.45) is 5.92 Å². The first-order chi connectivity index (χ1) is 11.0. The molecule has 1 aromatic carbocycles. The van der Waals surface area contributed by atoms with Crippen LogP contribution < -0.4 is 10.2 Å². The van der Waals surface area contributed by atoms with Gasteiger partial charge >= 0.3 is 0 Å². The molecule has 5 nitrogen and oxygen atoms in total. The molecule has 118 valence electrons. The van der Waals surface area contributed by atoms with Gasteiger partial charge in [-0.05, 0) is 37.3 Å². The van der Waals surface area contributed by atoms with E-state index in [1.165, 1.54) is 0 Å². The molecule has 2 aromatic rings. The van der Waals surface area contributed by atoms with Gasteiger partial charge in [-0.3, -0.25) is 9.59 Å². The highest BCUT2D eigenvalue weighted by Gasteiger charge is 2.35. The SMILES string of the molecule is Cc1cccc(NC(=O)[C@H]2CC(=O)N(c3cccc(Cl)c3)C2)n1. The van der Waals surface area contributed by atoms with Gasteiger partial charge in [0, 0.05) is 29.4 Å². The van der Waals surface area contributed by atoms with Crippen molar-refractivity contribution in [1.29, 1.82) is 0 Å². The van der Waals surface area contributed by atoms with Crippen LogP contribution in [0.2, 0.25) is 5.02 Å². The maximum absolute atomic E-state index is 12.4. The first-order valence-electron chi connectivity index (χ1n) is 7.33. The standard InChI is InChI=1S/C17H16ClN3O2/c1-11-4-2-7-15(19-11)20-17(23)12-8-16(22)21(10-12)14-6-3-5-13(18)9-14/h2-7,9,12H,8,10H2,1H3,(H,19,20,23)/t12-/m0/s1. The number of nitrogens with zero attached hydrogens (tertiary/aromatic N) is 2. The van der Waals surface area contributed by atoms with Crippen molar-refractivity contribution in [3.63, 3.8) is 0 Å². The summed E-state index contributed by atoms with van der Waals surface area (Å²) in [6.07, 6.45) is 0.185. The molecule has 1 aliphatic heterocycles. The number of carbonyl (C=O) groups is 2. The van der Waals surface area contributed by atoms with Gasteiger partial charge in [0.25, 0.3) is 0 Å². The number of nitrogens with one attached hydrogen (secondary N) is 1. The molecular weight excluding hydrogens is 314 g/mol. The normalized spacial score (nSPS) is 17.4. The van der Waals surface area contributed by atoms with Crippen molar-refractivity contribution in [2.45, 2.75) is 13.3 Å². The lowest BCUT2D eigenvalue weighted by molar-refractivity contribution is -0.122. The molecular formula is C17H16ClN3O2. The Kier molecular flexibility index (Phi) is 4.30. The smallest absolute Gasteiger partial charge is 0.230 e. The van der Waals surface area contributed by atoms with Crippen LogP contribution in [0.25, 0.3) is 0 Å². The summed E-state index contributed by atoms with van der Waals surface area (Å²) in [5.41, 5.74) is 1.54. The number of rotatable bonds is 3. The molecule has 23 heavy (non-hydrogen) atoms. The van der Waals surface area contributed by atoms with E-state index in [1.807, 2.05) is 25.1 Å². The summed E-state index contributed by atoms with van der Waals surface area (Å²) < 4.78 is 0. The minimum absolute atomic E-state index is 0.0791. The van der Waals surface area contributed by atoms with Gasteiger partial charge in [-0.1, -0.05) is 23.7 Å². The third-order valence-corrected chi connectivity index (χ3v) is 3.99. The van der Waals surface area contributed by atoms with Gasteiger partial charge in [-0.2, -0.15) is 0 Å². The fourth-order valence-corrected chi connectivity index (χ4v) is 2.80. The van der Waals surface area contributed by atoms with Gasteiger partial charge < -0.3 is 10.2 Å². The largest absolute Gasteiger partial charge is 0.312 e. The summed E-state index contributed by atoms with van der Waals surface area (Å²) >= 11 is 5.97. The maximum atomic E-state index is 12.4. The first-order valence-corrected chi connectivity index (χ1v) is 7.71. The highest BCUT2D eigenvalue weighted by molar-refractivity contribution is 6.31. The van der Waals surface area contributed by atoms with E-state index < -0.39 is 5.92 Å². The Morgan fingerprint density at radius 3 is 2.83 bits per heavy atom. The molecule has 1 fully saturated rings. The van der Waals surface area contributed by atoms with Gasteiger partial charge in [0.2, 0.25) is 11.8 Å². The van der Waals surface area contributed by atoms with E-state index in [2.05, 4.69) is 10.3 Å². The van der Waals surface area contributed by atoms with Crippen LogP contribution in [0.4, 0.5) is 11.5 Å². The average molecular weight is 330 g/mol. The Hall–Kier alpha value is -2.40. The molecule has 0 radical (unpaired) electrons. The number of aromatic nitrogens is 1. The number of benzene rings is 1. The number of aryl methyl sites for hydroxylation is 1. The number of anilines is 2. The van der Waals surface area contributed by atoms with E-state index in [1.54, 1.807) is 29.2 Å². The van der Waals surface area contributed by atoms with Crippen molar-refractivity contribution >= 4 is 34.9 Å². The average Bonchev–Trinajstić information content (AvgIpc) is 2.89. The van der Waals surface area contributed by atoms with E-state index in [4.69, 9.17) is 11.6 Å². The molecule has 1 aliphatic rings. The Morgan fingerprint density at radius 2 is 2.09 bits per heavy atom. The summed E-state index contributed by atoms with van der Waals surface area (Å²) in [6, 6.07) is 12.5. The second-order valence-corrected chi connectivity index (χ2v) is 5.98. The lowest BCUT2D eigenvalue weighted by atomic mass is 10.1. The van der Waals surface area contributed by atoms with Gasteiger partial charge in [-0.15, -0.1) is 0 Å². The van der Waals surface area contributed by atoms with Crippen LogP contribution in [0.15, 0.2) is 42.5 Å². The molecule has 3 rings (SSSR count). The lowest BCUT2D eigenvalue weighted by Gasteiger charge is -2.17. The summed E-state index contributed by atoms with van der Waals surface area (Å²) in [4.78, 5) is 30.4. The summed E-state index contributed by atoms with van der Waals surface area (Å²) in [6.45, 7) is 2.20. The lowest BCUT2D eigenvalue weighted by Crippen LogP contribution is -2.28. The van der Waals surface area contributed by atoms with Gasteiger partial charge in [0.15, 0.2) is 0 Å². The van der Waals surface area contributed by atoms with Crippen LogP contribution in [0, 0.1) is 12.8 Å². The monoisotopic (exact) mass is 329 g/mol. The predicted octanol–water partition coefficient (Wildman–Crippen LogP) is 3.04. The number of halogens is 1. The highest BCUT2D eigenvalue weighted by atomic mass is 35.5. The van der Waals surface area contributed by atoms with Crippen LogP contribution in [0.1, 0.15) is 12.1 Å². The van der Waals surface area contributed by atoms with E-state index in [9.17, 15) is 9.59 Å². The number of hydrogen-bond donors (Lipinski definition) is 1. The second kappa shape index (κ2) is 6.38. The molecule has 2 heterocycles. The van der Waals surface area contributed by atoms with E-state index in [0.717, 1.165) is 5.69 Å². The van der Waals surface area contributed by atoms with E-state index in [-0.39, 0.29) is 18.2 Å². The third-order valence-electron chi connectivity index (χ3n) is 3.76. The van der Waals surface area contributed by atoms with Gasteiger partial charge in [-0.25, -0.2) is 4.98 Å². The predicted molar refractivity (Wildman–Crippen MR) is 89.5 cm³/mol. The fourth-order valence-electron chi connectivity index (χ4n) is 2.62. The Balaban J connectivity index is 1.70. The van der Waals surface area contributed by atoms with Gasteiger partial charge in [0.05, 0.1) is 5.92 Å². The van der Waals surface area contributed by atoms with Crippen molar-refractivity contribution in [1.82, 2.24) is 4.98 Å². The van der Waals surface area contributed by atoms with Gasteiger partial charge in [0.1, 0.15) is 5.82 Å². The zero-order chi connectivity index (χ0) is 16.4. The third kappa shape index (κ3) is 3.51. The van der Waals surface area contributed by atoms with Crippen molar-refractivity contribution < 1.29 is 9.59 Å². The van der Waals surface area contributed by atoms with E-state index in [0.29, 0.717) is 23.1 Å². The molecule has 6 heteroatoms. The Bertz CT molecular complexity index is 763. The minimum Gasteiger partial charge on any atom is -0.312 e. The molecule has 0 aliphatic carbocycles. The summed E-state index contributed by atoms with van der Waals surface area (Å²) in [5, 5.41) is 3.34.